The number of rotatable bonds is 7. The monoisotopic (exact) mass is 365 g/mol. The van der Waals surface area contributed by atoms with Crippen molar-refractivity contribution in [3.8, 4) is 0 Å². The Morgan fingerprint density at radius 1 is 1.27 bits per heavy atom. The molecule has 0 aliphatic carbocycles. The third-order valence-electron chi connectivity index (χ3n) is 5.07. The zero-order valence-corrected chi connectivity index (χ0v) is 16.1. The molecule has 2 heterocycles. The van der Waals surface area contributed by atoms with Crippen LogP contribution in [0.3, 0.4) is 0 Å². The first kappa shape index (κ1) is 20.2. The molecule has 1 fully saturated rings. The van der Waals surface area contributed by atoms with E-state index in [0.717, 1.165) is 38.8 Å². The summed E-state index contributed by atoms with van der Waals surface area (Å²) in [5.41, 5.74) is 5.07. The van der Waals surface area contributed by atoms with Crippen LogP contribution in [0, 0.1) is 5.92 Å². The summed E-state index contributed by atoms with van der Waals surface area (Å²) in [6.07, 6.45) is 3.81. The Morgan fingerprint density at radius 2 is 1.92 bits per heavy atom. The van der Waals surface area contributed by atoms with Crippen molar-refractivity contribution in [3.63, 3.8) is 0 Å². The van der Waals surface area contributed by atoms with Crippen LogP contribution in [0.25, 0.3) is 0 Å². The molecule has 1 aromatic heterocycles. The number of amides is 1. The molecule has 1 aliphatic heterocycles. The minimum absolute atomic E-state index is 0.0645. The first-order valence-corrected chi connectivity index (χ1v) is 9.54. The lowest BCUT2D eigenvalue weighted by Gasteiger charge is -2.31. The number of nitrogen functional groups attached to an aromatic ring is 1. The number of likely N-dealkylation sites (tertiary alicyclic amines) is 1. The van der Waals surface area contributed by atoms with Gasteiger partial charge in [0.15, 0.2) is 5.69 Å². The number of piperidine rings is 1. The maximum Gasteiger partial charge on any atom is 0.330 e. The molecular weight excluding hydrogens is 334 g/mol. The van der Waals surface area contributed by atoms with Gasteiger partial charge in [-0.25, -0.2) is 4.79 Å². The summed E-state index contributed by atoms with van der Waals surface area (Å²) in [6, 6.07) is 0. The van der Waals surface area contributed by atoms with Gasteiger partial charge in [-0.15, -0.1) is 0 Å². The van der Waals surface area contributed by atoms with E-state index < -0.39 is 11.2 Å². The second kappa shape index (κ2) is 9.02. The minimum atomic E-state index is -0.609. The summed E-state index contributed by atoms with van der Waals surface area (Å²) in [5.74, 6) is 0.582. The summed E-state index contributed by atoms with van der Waals surface area (Å²) in [7, 11) is 0. The number of likely N-dealkylation sites (N-methyl/N-ethyl adjacent to an activating group) is 1. The van der Waals surface area contributed by atoms with Crippen molar-refractivity contribution in [3.05, 3.63) is 20.8 Å². The first-order valence-electron chi connectivity index (χ1n) is 9.54. The fraction of sp³-hybridized carbons (Fsp3) is 0.722. The number of nitrogens with zero attached hydrogens (tertiary/aromatic N) is 3. The van der Waals surface area contributed by atoms with Crippen LogP contribution in [0.5, 0.6) is 0 Å². The third-order valence-corrected chi connectivity index (χ3v) is 5.07. The van der Waals surface area contributed by atoms with Gasteiger partial charge in [0.1, 0.15) is 5.82 Å². The lowest BCUT2D eigenvalue weighted by Crippen LogP contribution is -2.46. The summed E-state index contributed by atoms with van der Waals surface area (Å²) >= 11 is 0. The molecule has 0 atom stereocenters. The molecule has 8 heteroatoms. The molecule has 2 rings (SSSR count). The Balaban J connectivity index is 2.26. The highest BCUT2D eigenvalue weighted by molar-refractivity contribution is 5.96. The summed E-state index contributed by atoms with van der Waals surface area (Å²) in [6.45, 7) is 8.79. The van der Waals surface area contributed by atoms with Gasteiger partial charge < -0.3 is 10.6 Å². The molecule has 1 aliphatic rings. The Bertz CT molecular complexity index is 731. The van der Waals surface area contributed by atoms with Gasteiger partial charge in [0.2, 0.25) is 5.91 Å². The number of carbonyl (C=O) groups is 1. The largest absolute Gasteiger partial charge is 0.383 e. The molecule has 1 amide bonds. The Labute approximate surface area is 154 Å². The van der Waals surface area contributed by atoms with Gasteiger partial charge in [0.25, 0.3) is 5.56 Å². The number of H-pyrrole nitrogens is 1. The molecule has 0 radical (unpaired) electrons. The zero-order valence-electron chi connectivity index (χ0n) is 16.1. The summed E-state index contributed by atoms with van der Waals surface area (Å²) < 4.78 is 1.35. The Morgan fingerprint density at radius 3 is 2.50 bits per heavy atom. The maximum absolute atomic E-state index is 12.8. The SMILES string of the molecule is CCCCn1c(N)c(N(CC)C(=O)CN2CCC(C)CC2)c(=O)[nH]c1=O. The predicted molar refractivity (Wildman–Crippen MR) is 104 cm³/mol. The normalized spacial score (nSPS) is 16.0. The Kier molecular flexibility index (Phi) is 7.02. The molecule has 26 heavy (non-hydrogen) atoms. The van der Waals surface area contributed by atoms with E-state index in [1.54, 1.807) is 6.92 Å². The number of aromatic nitrogens is 2. The van der Waals surface area contributed by atoms with Crippen LogP contribution >= 0.6 is 0 Å². The second-order valence-electron chi connectivity index (χ2n) is 7.09. The molecule has 0 spiro atoms. The minimum Gasteiger partial charge on any atom is -0.383 e. The zero-order chi connectivity index (χ0) is 19.3. The first-order chi connectivity index (χ1) is 12.4. The fourth-order valence-electron chi connectivity index (χ4n) is 3.33. The van der Waals surface area contributed by atoms with E-state index in [0.29, 0.717) is 19.0 Å². The van der Waals surface area contributed by atoms with Crippen LogP contribution in [0.1, 0.15) is 46.5 Å². The van der Waals surface area contributed by atoms with Crippen LogP contribution < -0.4 is 21.9 Å². The number of aromatic amines is 1. The number of nitrogens with one attached hydrogen (secondary N) is 1. The maximum atomic E-state index is 12.8. The van der Waals surface area contributed by atoms with Gasteiger partial charge in [0, 0.05) is 13.1 Å². The topological polar surface area (TPSA) is 104 Å². The van der Waals surface area contributed by atoms with Crippen LogP contribution in [-0.2, 0) is 11.3 Å². The van der Waals surface area contributed by atoms with Gasteiger partial charge in [-0.3, -0.25) is 24.0 Å². The van der Waals surface area contributed by atoms with Gasteiger partial charge in [-0.2, -0.15) is 0 Å². The van der Waals surface area contributed by atoms with Gasteiger partial charge in [-0.1, -0.05) is 20.3 Å². The molecule has 8 nitrogen and oxygen atoms in total. The number of hydrogen-bond donors (Lipinski definition) is 2. The standard InChI is InChI=1S/C18H31N5O3/c1-4-6-9-23-16(19)15(17(25)20-18(23)26)22(5-2)14(24)12-21-10-7-13(3)8-11-21/h13H,4-12,19H2,1-3H3,(H,20,25,26). The molecule has 1 saturated heterocycles. The molecule has 1 aromatic rings. The highest BCUT2D eigenvalue weighted by Crippen LogP contribution is 2.19. The van der Waals surface area contributed by atoms with Crippen LogP contribution in [0.15, 0.2) is 9.59 Å². The van der Waals surface area contributed by atoms with Crippen LogP contribution in [0.4, 0.5) is 11.5 Å². The van der Waals surface area contributed by atoms with E-state index in [2.05, 4.69) is 16.8 Å². The number of unbranched alkanes of at least 4 members (excludes halogenated alkanes) is 1. The van der Waals surface area contributed by atoms with Crippen LogP contribution in [0.2, 0.25) is 0 Å². The second-order valence-corrected chi connectivity index (χ2v) is 7.09. The van der Waals surface area contributed by atoms with E-state index in [1.807, 2.05) is 6.92 Å². The van der Waals surface area contributed by atoms with E-state index in [9.17, 15) is 14.4 Å². The number of nitrogens with two attached hydrogens (primary N) is 1. The highest BCUT2D eigenvalue weighted by atomic mass is 16.2. The lowest BCUT2D eigenvalue weighted by molar-refractivity contribution is -0.120. The van der Waals surface area contributed by atoms with Crippen molar-refractivity contribution >= 4 is 17.4 Å². The average molecular weight is 365 g/mol. The van der Waals surface area contributed by atoms with Crippen molar-refractivity contribution in [2.24, 2.45) is 5.92 Å². The fourth-order valence-corrected chi connectivity index (χ4v) is 3.33. The highest BCUT2D eigenvalue weighted by Gasteiger charge is 2.25. The molecule has 146 valence electrons. The molecule has 0 unspecified atom stereocenters. The predicted octanol–water partition coefficient (Wildman–Crippen LogP) is 1.00. The van der Waals surface area contributed by atoms with Crippen molar-refractivity contribution in [1.82, 2.24) is 14.5 Å². The van der Waals surface area contributed by atoms with E-state index in [1.165, 1.54) is 9.47 Å². The van der Waals surface area contributed by atoms with Crippen LogP contribution in [-0.4, -0.2) is 46.5 Å². The van der Waals surface area contributed by atoms with E-state index in [4.69, 9.17) is 5.73 Å². The summed E-state index contributed by atoms with van der Waals surface area (Å²) in [4.78, 5) is 43.1. The molecule has 0 aromatic carbocycles. The number of carbonyl (C=O) groups excluding carboxylic acids is 1. The van der Waals surface area contributed by atoms with Gasteiger partial charge >= 0.3 is 5.69 Å². The molecule has 0 saturated carbocycles. The molecule has 3 N–H and O–H groups in total. The van der Waals surface area contributed by atoms with E-state index in [-0.39, 0.29) is 24.0 Å². The molecular formula is C18H31N5O3. The van der Waals surface area contributed by atoms with Crippen molar-refractivity contribution in [1.29, 1.82) is 0 Å². The lowest BCUT2D eigenvalue weighted by atomic mass is 9.99. The number of hydrogen-bond acceptors (Lipinski definition) is 5. The van der Waals surface area contributed by atoms with Crippen molar-refractivity contribution < 1.29 is 4.79 Å². The van der Waals surface area contributed by atoms with Crippen molar-refractivity contribution in [2.75, 3.05) is 36.8 Å². The third kappa shape index (κ3) is 4.55. The molecule has 0 bridgehead atoms. The quantitative estimate of drug-likeness (QED) is 0.750. The van der Waals surface area contributed by atoms with Crippen molar-refractivity contribution in [2.45, 2.75) is 53.0 Å². The Hall–Kier alpha value is -2.09. The van der Waals surface area contributed by atoms with Gasteiger partial charge in [-0.05, 0) is 45.2 Å². The smallest absolute Gasteiger partial charge is 0.330 e. The summed E-state index contributed by atoms with van der Waals surface area (Å²) in [5, 5.41) is 0. The number of anilines is 2. The average Bonchev–Trinajstić information content (AvgIpc) is 2.60. The van der Waals surface area contributed by atoms with Gasteiger partial charge in [0.05, 0.1) is 6.54 Å². The van der Waals surface area contributed by atoms with E-state index >= 15 is 0 Å².